The smallest absolute Gasteiger partial charge is 0.172 e. The summed E-state index contributed by atoms with van der Waals surface area (Å²) in [5, 5.41) is 5.36. The van der Waals surface area contributed by atoms with E-state index in [4.69, 9.17) is 0 Å². The first-order valence-corrected chi connectivity index (χ1v) is 21.1. The average Bonchev–Trinajstić information content (AvgIpc) is 3.90. The number of hydrogen-bond donors (Lipinski definition) is 0. The van der Waals surface area contributed by atoms with Gasteiger partial charge in [-0.3, -0.25) is 0 Å². The summed E-state index contributed by atoms with van der Waals surface area (Å²) >= 11 is 1.53. The normalized spacial score (nSPS) is 11.8. The molecule has 0 fully saturated rings. The van der Waals surface area contributed by atoms with Gasteiger partial charge in [-0.15, -0.1) is 39.7 Å². The summed E-state index contributed by atoms with van der Waals surface area (Å²) in [6.07, 6.45) is 1.08. The minimum atomic E-state index is 0.0554. The van der Waals surface area contributed by atoms with Gasteiger partial charge in [0.05, 0.1) is 0 Å². The van der Waals surface area contributed by atoms with Crippen LogP contribution in [0.5, 0.6) is 0 Å². The predicted molar refractivity (Wildman–Crippen MR) is 242 cm³/mol. The van der Waals surface area contributed by atoms with Gasteiger partial charge >= 0.3 is 125 Å². The fraction of sp³-hybridized carbons (Fsp3) is 0.218. The van der Waals surface area contributed by atoms with Crippen LogP contribution < -0.4 is 0 Å². The van der Waals surface area contributed by atoms with E-state index in [1.54, 1.807) is 3.21 Å². The third-order valence-corrected chi connectivity index (χ3v) is 12.8. The molecule has 0 unspecified atom stereocenters. The second-order valence-corrected chi connectivity index (χ2v) is 18.9. The minimum Gasteiger partial charge on any atom is -0.214 e. The van der Waals surface area contributed by atoms with Gasteiger partial charge in [-0.2, -0.15) is 18.2 Å². The standard InChI is InChI=1S/C33H33.C17H18.C5H5.Zr/c1-32(2,3)30-20-26-24(18-28(30)22-13-9-7-10-14-22)17-25-19-29(23-15-11-8-12-16-23)31(21-27(25)26)33(4,5)6;1-17(2,16-11-7-4-8-12-16)14-13-15-9-5-3-6-10-15;1-2-4-5-3-1;/h7-21H,1-6H3;3-12H,13H2,1-2H3;1-5H;/q-1;;-1;+2. The molecule has 0 spiro atoms. The van der Waals surface area contributed by atoms with Crippen LogP contribution in [0.3, 0.4) is 0 Å². The molecule has 0 aromatic heterocycles. The zero-order valence-electron chi connectivity index (χ0n) is 34.5. The Kier molecular flexibility index (Phi) is 12.9. The molecule has 0 N–H and O–H groups in total. The van der Waals surface area contributed by atoms with E-state index < -0.39 is 0 Å². The Bertz CT molecular complexity index is 2320. The molecule has 0 atom stereocenters. The van der Waals surface area contributed by atoms with Crippen LogP contribution in [0, 0.1) is 0 Å². The molecular weight excluding hydrogens is 752 g/mol. The summed E-state index contributed by atoms with van der Waals surface area (Å²) in [5.41, 5.74) is 11.1. The summed E-state index contributed by atoms with van der Waals surface area (Å²) in [6.45, 7) is 18.6. The van der Waals surface area contributed by atoms with E-state index in [0.29, 0.717) is 0 Å². The van der Waals surface area contributed by atoms with E-state index in [1.807, 2.05) is 30.3 Å². The van der Waals surface area contributed by atoms with E-state index in [9.17, 15) is 0 Å². The van der Waals surface area contributed by atoms with Crippen LogP contribution in [0.2, 0.25) is 0 Å². The first-order valence-electron chi connectivity index (χ1n) is 19.9. The molecule has 1 heteroatoms. The van der Waals surface area contributed by atoms with Crippen molar-refractivity contribution in [1.29, 1.82) is 0 Å². The Labute approximate surface area is 351 Å². The second-order valence-electron chi connectivity index (χ2n) is 17.4. The van der Waals surface area contributed by atoms with Gasteiger partial charge in [0.25, 0.3) is 0 Å². The topological polar surface area (TPSA) is 0 Å². The monoisotopic (exact) mass is 806 g/mol. The van der Waals surface area contributed by atoms with Gasteiger partial charge in [0.1, 0.15) is 0 Å². The molecular formula is C55H56Zr. The van der Waals surface area contributed by atoms with Gasteiger partial charge in [0.15, 0.2) is 0 Å². The molecule has 0 aliphatic carbocycles. The van der Waals surface area contributed by atoms with Crippen LogP contribution in [0.4, 0.5) is 0 Å². The molecule has 56 heavy (non-hydrogen) atoms. The van der Waals surface area contributed by atoms with Crippen molar-refractivity contribution < 1.29 is 24.2 Å². The molecule has 8 aromatic rings. The Balaban J connectivity index is 0.000000192. The Morgan fingerprint density at radius 2 is 0.875 bits per heavy atom. The molecule has 0 bridgehead atoms. The van der Waals surface area contributed by atoms with Crippen molar-refractivity contribution in [2.45, 2.75) is 78.1 Å². The summed E-state index contributed by atoms with van der Waals surface area (Å²) in [4.78, 5) is 0. The molecule has 280 valence electrons. The van der Waals surface area contributed by atoms with Crippen LogP contribution >= 0.6 is 0 Å². The zero-order chi connectivity index (χ0) is 39.9. The quantitative estimate of drug-likeness (QED) is 0.147. The van der Waals surface area contributed by atoms with Crippen molar-refractivity contribution in [2.24, 2.45) is 0 Å². The van der Waals surface area contributed by atoms with E-state index in [-0.39, 0.29) is 16.2 Å². The number of rotatable bonds is 6. The van der Waals surface area contributed by atoms with Crippen molar-refractivity contribution in [3.05, 3.63) is 204 Å². The van der Waals surface area contributed by atoms with Crippen molar-refractivity contribution in [2.75, 3.05) is 0 Å². The molecule has 8 rings (SSSR count). The van der Waals surface area contributed by atoms with Gasteiger partial charge in [-0.1, -0.05) is 114 Å². The molecule has 0 radical (unpaired) electrons. The van der Waals surface area contributed by atoms with Crippen LogP contribution in [-0.4, -0.2) is 3.21 Å². The maximum absolute atomic E-state index is 2.45. The summed E-state index contributed by atoms with van der Waals surface area (Å²) in [7, 11) is 0. The molecule has 0 aliphatic heterocycles. The largest absolute Gasteiger partial charge is 0.214 e. The van der Waals surface area contributed by atoms with Crippen LogP contribution in [0.25, 0.3) is 43.8 Å². The fourth-order valence-corrected chi connectivity index (χ4v) is 8.29. The first kappa shape index (κ1) is 40.9. The maximum Gasteiger partial charge on any atom is -0.172 e. The molecule has 0 amide bonds. The van der Waals surface area contributed by atoms with Crippen molar-refractivity contribution in [1.82, 2.24) is 0 Å². The van der Waals surface area contributed by atoms with Crippen molar-refractivity contribution >= 4 is 24.8 Å². The molecule has 0 saturated heterocycles. The summed E-state index contributed by atoms with van der Waals surface area (Å²) in [6, 6.07) is 65.3. The number of benzene rings is 6. The molecule has 0 heterocycles. The first-order chi connectivity index (χ1) is 26.7. The third-order valence-electron chi connectivity index (χ3n) is 10.8. The minimum absolute atomic E-state index is 0.0554. The van der Waals surface area contributed by atoms with Crippen molar-refractivity contribution in [3.63, 3.8) is 0 Å². The third kappa shape index (κ3) is 9.80. The maximum atomic E-state index is 2.45. The molecule has 8 aromatic carbocycles. The zero-order valence-corrected chi connectivity index (χ0v) is 37.0. The molecule has 0 aliphatic rings. The van der Waals surface area contributed by atoms with E-state index in [0.717, 1.165) is 6.42 Å². The van der Waals surface area contributed by atoms with E-state index in [1.165, 1.54) is 90.3 Å². The Morgan fingerprint density at radius 3 is 1.25 bits per heavy atom. The fourth-order valence-electron chi connectivity index (χ4n) is 7.43. The van der Waals surface area contributed by atoms with Crippen LogP contribution in [-0.2, 0) is 46.9 Å². The van der Waals surface area contributed by atoms with Gasteiger partial charge in [-0.05, 0) is 44.2 Å². The summed E-state index contributed by atoms with van der Waals surface area (Å²) in [5.74, 6) is 0. The van der Waals surface area contributed by atoms with Crippen LogP contribution in [0.1, 0.15) is 77.6 Å². The van der Waals surface area contributed by atoms with Crippen LogP contribution in [0.15, 0.2) is 182 Å². The van der Waals surface area contributed by atoms with E-state index in [2.05, 4.69) is 207 Å². The van der Waals surface area contributed by atoms with Gasteiger partial charge in [0.2, 0.25) is 0 Å². The van der Waals surface area contributed by atoms with E-state index >= 15 is 0 Å². The molecule has 0 nitrogen and oxygen atoms in total. The predicted octanol–water partition coefficient (Wildman–Crippen LogP) is 15.0. The summed E-state index contributed by atoms with van der Waals surface area (Å²) < 4.78 is 1.59. The number of hydrogen-bond acceptors (Lipinski definition) is 0. The Hall–Kier alpha value is -4.71. The van der Waals surface area contributed by atoms with Gasteiger partial charge in [-0.25, -0.2) is 12.1 Å². The molecule has 0 saturated carbocycles. The van der Waals surface area contributed by atoms with Gasteiger partial charge < -0.3 is 0 Å². The second kappa shape index (κ2) is 17.6. The SMILES string of the molecule is CC(C)(C)c1cc2c(cc1-c1ccccc1)[cH-]c1cc(-c3ccccc3)c(C(C)(C)C)cc12.CC(C)([C](=[Zr+2])Cc1ccccc1)c1ccccc1.c1cc[cH-]c1. The van der Waals surface area contributed by atoms with Crippen molar-refractivity contribution in [3.8, 4) is 22.3 Å². The number of fused-ring (bicyclic) bond motifs is 3. The Morgan fingerprint density at radius 1 is 0.482 bits per heavy atom. The average molecular weight is 808 g/mol. The van der Waals surface area contributed by atoms with Gasteiger partial charge in [0, 0.05) is 0 Å².